The summed E-state index contributed by atoms with van der Waals surface area (Å²) in [5, 5.41) is 2.64. The number of amides is 2. The number of halogens is 7. The van der Waals surface area contributed by atoms with Crippen LogP contribution in [0.1, 0.15) is 31.2 Å². The molecule has 2 atom stereocenters. The standard InChI is InChI=1S/C21H20BClF6N4O2S/c22-20(12-9-30-11-31-10-12,18(35)32-13-5-7-19(25,26)8-6-13)33(17(34)16(23)24)14-1-3-15(4-2-14)36-21(27,28)29/h1-4,9-11,13,16H,5-8,22H2,(H,32,35)/t16-,20-/m0/s1. The Kier molecular flexibility index (Phi) is 8.49. The molecule has 2 amide bonds. The van der Waals surface area contributed by atoms with Crippen LogP contribution in [0.3, 0.4) is 0 Å². The summed E-state index contributed by atoms with van der Waals surface area (Å²) in [6.07, 6.45) is 2.61. The van der Waals surface area contributed by atoms with Gasteiger partial charge in [-0.1, -0.05) is 11.6 Å². The van der Waals surface area contributed by atoms with Crippen LogP contribution in [-0.2, 0) is 15.0 Å². The first-order valence-corrected chi connectivity index (χ1v) is 11.9. The van der Waals surface area contributed by atoms with Crippen LogP contribution in [0.25, 0.3) is 0 Å². The molecule has 6 nitrogen and oxygen atoms in total. The third-order valence-corrected chi connectivity index (χ3v) is 6.73. The number of aromatic nitrogens is 2. The van der Waals surface area contributed by atoms with Crippen LogP contribution < -0.4 is 10.2 Å². The van der Waals surface area contributed by atoms with Crippen LogP contribution in [0, 0.1) is 0 Å². The van der Waals surface area contributed by atoms with Gasteiger partial charge in [0.2, 0.25) is 11.8 Å². The molecule has 0 saturated heterocycles. The summed E-state index contributed by atoms with van der Waals surface area (Å²) in [6.45, 7) is 0. The van der Waals surface area contributed by atoms with Gasteiger partial charge in [-0.05, 0) is 48.9 Å². The fourth-order valence-corrected chi connectivity index (χ4v) is 4.56. The molecular weight excluding hydrogens is 533 g/mol. The Morgan fingerprint density at radius 3 is 2.19 bits per heavy atom. The van der Waals surface area contributed by atoms with Crippen molar-refractivity contribution in [1.29, 1.82) is 0 Å². The van der Waals surface area contributed by atoms with E-state index in [1.165, 1.54) is 20.2 Å². The van der Waals surface area contributed by atoms with Crippen molar-refractivity contribution >= 4 is 48.7 Å². The van der Waals surface area contributed by atoms with Crippen molar-refractivity contribution in [3.8, 4) is 0 Å². The van der Waals surface area contributed by atoms with Crippen molar-refractivity contribution in [2.24, 2.45) is 0 Å². The van der Waals surface area contributed by atoms with Crippen LogP contribution in [0.5, 0.6) is 0 Å². The van der Waals surface area contributed by atoms with Crippen molar-refractivity contribution in [2.45, 2.75) is 59.1 Å². The number of nitrogens with zero attached hydrogens (tertiary/aromatic N) is 3. The highest BCUT2D eigenvalue weighted by molar-refractivity contribution is 8.00. The molecule has 0 radical (unpaired) electrons. The first-order valence-electron chi connectivity index (χ1n) is 10.7. The van der Waals surface area contributed by atoms with E-state index in [2.05, 4.69) is 15.3 Å². The maximum Gasteiger partial charge on any atom is 0.446 e. The first-order chi connectivity index (χ1) is 16.7. The molecule has 1 fully saturated rings. The molecule has 1 aliphatic rings. The van der Waals surface area contributed by atoms with E-state index in [0.29, 0.717) is 4.90 Å². The van der Waals surface area contributed by atoms with Gasteiger partial charge in [0.1, 0.15) is 11.8 Å². The zero-order valence-corrected chi connectivity index (χ0v) is 20.3. The summed E-state index contributed by atoms with van der Waals surface area (Å²) in [4.78, 5) is 34.8. The lowest BCUT2D eigenvalue weighted by atomic mass is 9.69. The van der Waals surface area contributed by atoms with Gasteiger partial charge in [0.05, 0.1) is 0 Å². The third kappa shape index (κ3) is 6.64. The van der Waals surface area contributed by atoms with Crippen LogP contribution in [-0.4, -0.2) is 52.7 Å². The third-order valence-electron chi connectivity index (χ3n) is 5.80. The Morgan fingerprint density at radius 2 is 1.69 bits per heavy atom. The topological polar surface area (TPSA) is 75.2 Å². The van der Waals surface area contributed by atoms with Crippen molar-refractivity contribution in [2.75, 3.05) is 4.90 Å². The number of benzene rings is 1. The van der Waals surface area contributed by atoms with Gasteiger partial charge in [-0.15, -0.1) is 0 Å². The lowest BCUT2D eigenvalue weighted by molar-refractivity contribution is -0.130. The highest BCUT2D eigenvalue weighted by Gasteiger charge is 2.48. The lowest BCUT2D eigenvalue weighted by Gasteiger charge is -2.42. The van der Waals surface area contributed by atoms with Gasteiger partial charge in [-0.2, -0.15) is 13.2 Å². The molecule has 194 valence electrons. The molecule has 0 unspecified atom stereocenters. The quantitative estimate of drug-likeness (QED) is 0.242. The average molecular weight is 553 g/mol. The Balaban J connectivity index is 2.04. The SMILES string of the molecule is B[C@@](C(=O)NC1CCC(F)(F)CC1)(c1cncnc1)N(C(=O)[C@H](F)Cl)c1ccc(SC(F)(F)F)cc1. The molecule has 2 aromatic rings. The summed E-state index contributed by atoms with van der Waals surface area (Å²) in [7, 11) is 1.26. The molecule has 1 saturated carbocycles. The number of hydrogen-bond acceptors (Lipinski definition) is 5. The Morgan fingerprint density at radius 1 is 1.14 bits per heavy atom. The number of alkyl halides is 7. The second kappa shape index (κ2) is 10.9. The fraction of sp³-hybridized carbons (Fsp3) is 0.429. The van der Waals surface area contributed by atoms with Crippen molar-refractivity contribution in [3.63, 3.8) is 0 Å². The maximum atomic E-state index is 14.2. The summed E-state index contributed by atoms with van der Waals surface area (Å²) in [5.41, 5.74) is -9.33. The second-order valence-electron chi connectivity index (χ2n) is 8.32. The van der Waals surface area contributed by atoms with Crippen LogP contribution >= 0.6 is 23.4 Å². The molecule has 0 spiro atoms. The largest absolute Gasteiger partial charge is 0.446 e. The van der Waals surface area contributed by atoms with E-state index in [4.69, 9.17) is 11.6 Å². The summed E-state index contributed by atoms with van der Waals surface area (Å²) in [5.74, 6) is -5.08. The number of thioether (sulfide) groups is 1. The Bertz CT molecular complexity index is 1070. The van der Waals surface area contributed by atoms with Gasteiger partial charge in [-0.3, -0.25) is 14.5 Å². The molecule has 1 heterocycles. The molecule has 36 heavy (non-hydrogen) atoms. The number of nitrogens with one attached hydrogen (secondary N) is 1. The molecule has 1 aliphatic carbocycles. The van der Waals surface area contributed by atoms with Crippen LogP contribution in [0.15, 0.2) is 47.9 Å². The van der Waals surface area contributed by atoms with Gasteiger partial charge in [0, 0.05) is 47.4 Å². The predicted octanol–water partition coefficient (Wildman–Crippen LogP) is 4.14. The zero-order valence-electron chi connectivity index (χ0n) is 18.7. The summed E-state index contributed by atoms with van der Waals surface area (Å²) in [6, 6.07) is 3.68. The minimum atomic E-state index is -4.57. The lowest BCUT2D eigenvalue weighted by Crippen LogP contribution is -2.62. The molecular formula is C21H20BClF6N4O2S. The van der Waals surface area contributed by atoms with Gasteiger partial charge in [0.15, 0.2) is 7.85 Å². The van der Waals surface area contributed by atoms with Crippen LogP contribution in [0.2, 0.25) is 0 Å². The predicted molar refractivity (Wildman–Crippen MR) is 124 cm³/mol. The molecule has 1 aromatic heterocycles. The highest BCUT2D eigenvalue weighted by atomic mass is 35.5. The number of carbonyl (C=O) groups excluding carboxylic acids is 2. The van der Waals surface area contributed by atoms with E-state index >= 15 is 0 Å². The van der Waals surface area contributed by atoms with Crippen molar-refractivity contribution < 1.29 is 35.9 Å². The molecule has 1 aromatic carbocycles. The normalized spacial score (nSPS) is 18.6. The van der Waals surface area contributed by atoms with Gasteiger partial charge < -0.3 is 5.32 Å². The molecule has 1 N–H and O–H groups in total. The number of carbonyl (C=O) groups is 2. The minimum Gasteiger partial charge on any atom is -0.352 e. The number of anilines is 1. The number of hydrogen-bond donors (Lipinski definition) is 1. The Labute approximate surface area is 212 Å². The van der Waals surface area contributed by atoms with Gasteiger partial charge >= 0.3 is 5.51 Å². The monoisotopic (exact) mass is 552 g/mol. The van der Waals surface area contributed by atoms with Gasteiger partial charge in [0.25, 0.3) is 11.5 Å². The average Bonchev–Trinajstić information content (AvgIpc) is 2.81. The molecule has 0 bridgehead atoms. The Hall–Kier alpha value is -2.48. The maximum absolute atomic E-state index is 14.2. The van der Waals surface area contributed by atoms with E-state index in [9.17, 15) is 35.9 Å². The van der Waals surface area contributed by atoms with E-state index in [-0.39, 0.29) is 29.0 Å². The number of rotatable bonds is 7. The van der Waals surface area contributed by atoms with Gasteiger partial charge in [-0.25, -0.2) is 23.1 Å². The minimum absolute atomic E-state index is 0.0291. The van der Waals surface area contributed by atoms with Crippen molar-refractivity contribution in [1.82, 2.24) is 15.3 Å². The zero-order chi connectivity index (χ0) is 26.7. The van der Waals surface area contributed by atoms with E-state index < -0.39 is 65.0 Å². The fourth-order valence-electron chi connectivity index (χ4n) is 3.92. The molecule has 15 heteroatoms. The smallest absolute Gasteiger partial charge is 0.352 e. The van der Waals surface area contributed by atoms with E-state index in [0.717, 1.165) is 30.6 Å². The van der Waals surface area contributed by atoms with Crippen LogP contribution in [0.4, 0.5) is 32.0 Å². The highest BCUT2D eigenvalue weighted by Crippen LogP contribution is 2.39. The van der Waals surface area contributed by atoms with E-state index in [1.54, 1.807) is 0 Å². The first kappa shape index (κ1) is 28.1. The molecule has 3 rings (SSSR count). The van der Waals surface area contributed by atoms with E-state index in [1.807, 2.05) is 0 Å². The summed E-state index contributed by atoms with van der Waals surface area (Å²) >= 11 is 5.06. The summed E-state index contributed by atoms with van der Waals surface area (Å²) < 4.78 is 79.5. The molecule has 0 aliphatic heterocycles. The van der Waals surface area contributed by atoms with Crippen molar-refractivity contribution in [3.05, 3.63) is 48.5 Å². The second-order valence-corrected chi connectivity index (χ2v) is 9.84.